The quantitative estimate of drug-likeness (QED) is 0.581. The van der Waals surface area contributed by atoms with Crippen LogP contribution in [0.2, 0.25) is 0 Å². The Morgan fingerprint density at radius 2 is 1.76 bits per heavy atom. The second kappa shape index (κ2) is 11.4. The molecule has 0 aliphatic carbocycles. The van der Waals surface area contributed by atoms with E-state index in [2.05, 4.69) is 10.6 Å². The number of hydrogen-bond donors (Lipinski definition) is 2. The van der Waals surface area contributed by atoms with Gasteiger partial charge in [0, 0.05) is 45.4 Å². The van der Waals surface area contributed by atoms with Gasteiger partial charge in [0.05, 0.1) is 11.5 Å². The van der Waals surface area contributed by atoms with Gasteiger partial charge in [-0.2, -0.15) is 4.31 Å². The molecule has 0 saturated heterocycles. The van der Waals surface area contributed by atoms with Gasteiger partial charge >= 0.3 is 0 Å². The van der Waals surface area contributed by atoms with Crippen LogP contribution >= 0.6 is 12.4 Å². The molecule has 0 atom stereocenters. The van der Waals surface area contributed by atoms with Gasteiger partial charge in [0.15, 0.2) is 0 Å². The lowest BCUT2D eigenvalue weighted by molar-refractivity contribution is 0.0953. The molecule has 9 heteroatoms. The van der Waals surface area contributed by atoms with Crippen LogP contribution in [0.15, 0.2) is 29.2 Å². The Balaban J connectivity index is 0.00000576. The molecule has 0 unspecified atom stereocenters. The van der Waals surface area contributed by atoms with E-state index in [1.165, 1.54) is 35.6 Å². The van der Waals surface area contributed by atoms with E-state index in [1.807, 2.05) is 0 Å². The number of halogens is 1. The summed E-state index contributed by atoms with van der Waals surface area (Å²) in [5, 5.41) is 5.89. The number of benzene rings is 1. The molecule has 0 aliphatic heterocycles. The van der Waals surface area contributed by atoms with Crippen LogP contribution in [0.5, 0.6) is 0 Å². The maximum Gasteiger partial charge on any atom is 0.251 e. The molecule has 1 rings (SSSR count). The van der Waals surface area contributed by atoms with Crippen molar-refractivity contribution in [2.75, 3.05) is 40.4 Å². The average molecular weight is 394 g/mol. The number of nitrogens with one attached hydrogen (secondary N) is 2. The third-order valence-corrected chi connectivity index (χ3v) is 5.64. The molecule has 0 fully saturated rings. The second-order valence-corrected chi connectivity index (χ2v) is 7.64. The number of amides is 1. The number of sulfonamides is 1. The highest BCUT2D eigenvalue weighted by Crippen LogP contribution is 2.17. The average Bonchev–Trinajstić information content (AvgIpc) is 2.57. The highest BCUT2D eigenvalue weighted by atomic mass is 35.5. The molecule has 144 valence electrons. The predicted molar refractivity (Wildman–Crippen MR) is 101 cm³/mol. The molecule has 1 aromatic rings. The van der Waals surface area contributed by atoms with Crippen molar-refractivity contribution in [1.29, 1.82) is 0 Å². The lowest BCUT2D eigenvalue weighted by Crippen LogP contribution is -2.33. The number of carbonyl (C=O) groups excluding carboxylic acids is 1. The van der Waals surface area contributed by atoms with Crippen LogP contribution in [0.4, 0.5) is 0 Å². The van der Waals surface area contributed by atoms with E-state index in [1.54, 1.807) is 21.0 Å². The Morgan fingerprint density at radius 1 is 1.16 bits per heavy atom. The lowest BCUT2D eigenvalue weighted by Gasteiger charge is -2.21. The van der Waals surface area contributed by atoms with Crippen molar-refractivity contribution in [2.45, 2.75) is 24.8 Å². The highest BCUT2D eigenvalue weighted by molar-refractivity contribution is 7.89. The molecule has 2 N–H and O–H groups in total. The van der Waals surface area contributed by atoms with E-state index in [4.69, 9.17) is 4.74 Å². The molecule has 1 aromatic carbocycles. The molecular weight excluding hydrogens is 366 g/mol. The Hall–Kier alpha value is -1.19. The van der Waals surface area contributed by atoms with E-state index < -0.39 is 10.0 Å². The zero-order chi connectivity index (χ0) is 18.2. The third-order valence-electron chi connectivity index (χ3n) is 3.59. The van der Waals surface area contributed by atoms with Crippen molar-refractivity contribution < 1.29 is 17.9 Å². The van der Waals surface area contributed by atoms with Crippen LogP contribution in [0.1, 0.15) is 24.2 Å². The monoisotopic (exact) mass is 393 g/mol. The Morgan fingerprint density at radius 3 is 2.28 bits per heavy atom. The number of carbonyl (C=O) groups is 1. The van der Waals surface area contributed by atoms with Gasteiger partial charge in [-0.25, -0.2) is 8.42 Å². The molecule has 25 heavy (non-hydrogen) atoms. The summed E-state index contributed by atoms with van der Waals surface area (Å²) >= 11 is 0. The zero-order valence-corrected chi connectivity index (χ0v) is 16.7. The zero-order valence-electron chi connectivity index (χ0n) is 15.1. The first kappa shape index (κ1) is 23.8. The second-order valence-electron chi connectivity index (χ2n) is 5.64. The number of rotatable bonds is 10. The Bertz CT molecular complexity index is 621. The van der Waals surface area contributed by atoms with Gasteiger partial charge in [-0.3, -0.25) is 4.79 Å². The number of methoxy groups -OCH3 is 1. The minimum Gasteiger partial charge on any atom is -0.383 e. The summed E-state index contributed by atoms with van der Waals surface area (Å²) in [6.07, 6.45) is 0. The highest BCUT2D eigenvalue weighted by Gasteiger charge is 2.23. The number of nitrogens with zero attached hydrogens (tertiary/aromatic N) is 1. The first-order chi connectivity index (χ1) is 11.3. The summed E-state index contributed by atoms with van der Waals surface area (Å²) in [6.45, 7) is 6.08. The standard InChI is InChI=1S/C16H27N3O4S.ClH/c1-13(2)19(3)24(21,22)15-7-5-14(6-8-15)16(20)18-10-9-17-11-12-23-4;/h5-8,13,17H,9-12H2,1-4H3,(H,18,20);1H. The summed E-state index contributed by atoms with van der Waals surface area (Å²) in [6, 6.07) is 5.83. The fourth-order valence-electron chi connectivity index (χ4n) is 1.89. The van der Waals surface area contributed by atoms with Gasteiger partial charge in [-0.05, 0) is 38.1 Å². The van der Waals surface area contributed by atoms with E-state index >= 15 is 0 Å². The molecule has 1 amide bonds. The third kappa shape index (κ3) is 7.29. The largest absolute Gasteiger partial charge is 0.383 e. The van der Waals surface area contributed by atoms with Crippen molar-refractivity contribution in [1.82, 2.24) is 14.9 Å². The summed E-state index contributed by atoms with van der Waals surface area (Å²) in [7, 11) is -0.361. The van der Waals surface area contributed by atoms with Crippen LogP contribution < -0.4 is 10.6 Å². The van der Waals surface area contributed by atoms with Crippen LogP contribution in [-0.4, -0.2) is 65.1 Å². The lowest BCUT2D eigenvalue weighted by atomic mass is 10.2. The Labute approximate surface area is 156 Å². The molecule has 0 spiro atoms. The van der Waals surface area contributed by atoms with E-state index in [0.29, 0.717) is 25.3 Å². The Kier molecular flexibility index (Phi) is 10.9. The summed E-state index contributed by atoms with van der Waals surface area (Å²) < 4.78 is 30.9. The molecule has 7 nitrogen and oxygen atoms in total. The molecule has 0 bridgehead atoms. The van der Waals surface area contributed by atoms with Gasteiger partial charge in [0.25, 0.3) is 5.91 Å². The van der Waals surface area contributed by atoms with Gasteiger partial charge in [0.1, 0.15) is 0 Å². The minimum absolute atomic E-state index is 0. The van der Waals surface area contributed by atoms with E-state index in [-0.39, 0.29) is 29.3 Å². The molecule has 0 saturated carbocycles. The van der Waals surface area contributed by atoms with Gasteiger partial charge in [0.2, 0.25) is 10.0 Å². The van der Waals surface area contributed by atoms with Gasteiger partial charge in [-0.1, -0.05) is 0 Å². The molecule has 0 aliphatic rings. The maximum absolute atomic E-state index is 12.4. The number of hydrogen-bond acceptors (Lipinski definition) is 5. The first-order valence-electron chi connectivity index (χ1n) is 7.86. The van der Waals surface area contributed by atoms with Gasteiger partial charge < -0.3 is 15.4 Å². The normalized spacial score (nSPS) is 11.4. The fraction of sp³-hybridized carbons (Fsp3) is 0.562. The van der Waals surface area contributed by atoms with E-state index in [0.717, 1.165) is 6.54 Å². The fourth-order valence-corrected chi connectivity index (χ4v) is 3.26. The molecule has 0 aromatic heterocycles. The van der Waals surface area contributed by atoms with E-state index in [9.17, 15) is 13.2 Å². The first-order valence-corrected chi connectivity index (χ1v) is 9.30. The smallest absolute Gasteiger partial charge is 0.251 e. The predicted octanol–water partition coefficient (Wildman–Crippen LogP) is 1.10. The minimum atomic E-state index is -3.53. The molecular formula is C16H28ClN3O4S. The van der Waals surface area contributed by atoms with Crippen molar-refractivity contribution in [3.05, 3.63) is 29.8 Å². The maximum atomic E-state index is 12.4. The topological polar surface area (TPSA) is 87.7 Å². The summed E-state index contributed by atoms with van der Waals surface area (Å²) in [4.78, 5) is 12.2. The van der Waals surface area contributed by atoms with Crippen molar-refractivity contribution in [2.24, 2.45) is 0 Å². The van der Waals surface area contributed by atoms with Crippen LogP contribution in [-0.2, 0) is 14.8 Å². The summed E-state index contributed by atoms with van der Waals surface area (Å²) in [5.74, 6) is -0.232. The SMILES string of the molecule is COCCNCCNC(=O)c1ccc(S(=O)(=O)N(C)C(C)C)cc1.Cl. The van der Waals surface area contributed by atoms with Crippen molar-refractivity contribution >= 4 is 28.3 Å². The molecule has 0 radical (unpaired) electrons. The summed E-state index contributed by atoms with van der Waals surface area (Å²) in [5.41, 5.74) is 0.429. The van der Waals surface area contributed by atoms with Crippen LogP contribution in [0.25, 0.3) is 0 Å². The number of ether oxygens (including phenoxy) is 1. The molecule has 0 heterocycles. The van der Waals surface area contributed by atoms with Crippen molar-refractivity contribution in [3.8, 4) is 0 Å². The van der Waals surface area contributed by atoms with Crippen LogP contribution in [0, 0.1) is 0 Å². The van der Waals surface area contributed by atoms with Crippen molar-refractivity contribution in [3.63, 3.8) is 0 Å². The van der Waals surface area contributed by atoms with Gasteiger partial charge in [-0.15, -0.1) is 12.4 Å². The van der Waals surface area contributed by atoms with Crippen LogP contribution in [0.3, 0.4) is 0 Å².